The van der Waals surface area contributed by atoms with Crippen LogP contribution in [0.5, 0.6) is 5.75 Å². The lowest BCUT2D eigenvalue weighted by atomic mass is 9.68. The van der Waals surface area contributed by atoms with Crippen molar-refractivity contribution >= 4 is 0 Å². The van der Waals surface area contributed by atoms with Crippen molar-refractivity contribution in [3.8, 4) is 5.75 Å². The molecule has 3 aliphatic rings. The van der Waals surface area contributed by atoms with Gasteiger partial charge in [-0.25, -0.2) is 13.2 Å². The molecule has 2 unspecified atom stereocenters. The molecule has 2 aliphatic carbocycles. The van der Waals surface area contributed by atoms with Gasteiger partial charge in [0.25, 0.3) is 0 Å². The van der Waals surface area contributed by atoms with Crippen molar-refractivity contribution in [2.45, 2.75) is 102 Å². The smallest absolute Gasteiger partial charge is 0.400 e. The molecule has 1 saturated heterocycles. The van der Waals surface area contributed by atoms with Crippen LogP contribution in [-0.4, -0.2) is 18.3 Å². The van der Waals surface area contributed by atoms with Gasteiger partial charge in [-0.2, -0.15) is 8.78 Å². The van der Waals surface area contributed by atoms with E-state index in [1.165, 1.54) is 12.8 Å². The zero-order valence-electron chi connectivity index (χ0n) is 19.3. The summed E-state index contributed by atoms with van der Waals surface area (Å²) in [6.45, 7) is 2.20. The summed E-state index contributed by atoms with van der Waals surface area (Å²) >= 11 is 0. The molecule has 2 atom stereocenters. The second-order valence-electron chi connectivity index (χ2n) is 10.3. The summed E-state index contributed by atoms with van der Waals surface area (Å²) < 4.78 is 80.0. The second-order valence-corrected chi connectivity index (χ2v) is 10.3. The van der Waals surface area contributed by atoms with Crippen LogP contribution in [0.2, 0.25) is 0 Å². The third kappa shape index (κ3) is 5.83. The molecule has 1 aromatic rings. The lowest BCUT2D eigenvalue weighted by molar-refractivity contribution is -0.224. The summed E-state index contributed by atoms with van der Waals surface area (Å²) in [4.78, 5) is 0. The van der Waals surface area contributed by atoms with Gasteiger partial charge in [-0.05, 0) is 88.4 Å². The fourth-order valence-corrected chi connectivity index (χ4v) is 6.36. The highest BCUT2D eigenvalue weighted by Crippen LogP contribution is 2.47. The van der Waals surface area contributed by atoms with Gasteiger partial charge in [-0.3, -0.25) is 0 Å². The normalized spacial score (nSPS) is 33.3. The van der Waals surface area contributed by atoms with Crippen LogP contribution in [0.25, 0.3) is 0 Å². The highest BCUT2D eigenvalue weighted by atomic mass is 19.3. The van der Waals surface area contributed by atoms with Gasteiger partial charge in [0.2, 0.25) is 0 Å². The third-order valence-corrected chi connectivity index (χ3v) is 8.22. The third-order valence-electron chi connectivity index (χ3n) is 8.22. The Hall–Kier alpha value is -1.37. The van der Waals surface area contributed by atoms with E-state index in [9.17, 15) is 22.0 Å². The first kappa shape index (κ1) is 24.7. The Kier molecular flexibility index (Phi) is 7.87. The van der Waals surface area contributed by atoms with Crippen molar-refractivity contribution in [3.05, 3.63) is 29.6 Å². The number of benzene rings is 1. The first-order valence-corrected chi connectivity index (χ1v) is 12.6. The van der Waals surface area contributed by atoms with Gasteiger partial charge < -0.3 is 9.47 Å². The SMILES string of the molecule is CCCC1CCC(C2CCC(C3CCC(C(F)(F)Oc4cc(F)c(F)c(F)c4)CC3)CC2)O1. The molecule has 0 radical (unpaired) electrons. The van der Waals surface area contributed by atoms with Crippen LogP contribution in [0.15, 0.2) is 12.1 Å². The predicted octanol–water partition coefficient (Wildman–Crippen LogP) is 8.04. The van der Waals surface area contributed by atoms with Crippen molar-refractivity contribution in [1.29, 1.82) is 0 Å². The quantitative estimate of drug-likeness (QED) is 0.294. The van der Waals surface area contributed by atoms with Crippen molar-refractivity contribution in [2.75, 3.05) is 0 Å². The molecule has 2 nitrogen and oxygen atoms in total. The highest BCUT2D eigenvalue weighted by molar-refractivity contribution is 5.25. The van der Waals surface area contributed by atoms with E-state index in [2.05, 4.69) is 11.7 Å². The summed E-state index contributed by atoms with van der Waals surface area (Å²) in [5, 5.41) is 0. The van der Waals surface area contributed by atoms with Gasteiger partial charge in [0, 0.05) is 12.1 Å². The topological polar surface area (TPSA) is 18.5 Å². The van der Waals surface area contributed by atoms with Gasteiger partial charge >= 0.3 is 6.11 Å². The van der Waals surface area contributed by atoms with Gasteiger partial charge in [-0.1, -0.05) is 13.3 Å². The van der Waals surface area contributed by atoms with Crippen LogP contribution in [0, 0.1) is 41.1 Å². The van der Waals surface area contributed by atoms with Crippen LogP contribution >= 0.6 is 0 Å². The molecular weight excluding hydrogens is 439 g/mol. The van der Waals surface area contributed by atoms with E-state index in [4.69, 9.17) is 4.74 Å². The fraction of sp³-hybridized carbons (Fsp3) is 0.769. The number of ether oxygens (including phenoxy) is 2. The summed E-state index contributed by atoms with van der Waals surface area (Å²) in [5.74, 6) is -4.82. The van der Waals surface area contributed by atoms with E-state index in [0.29, 0.717) is 67.8 Å². The van der Waals surface area contributed by atoms with Crippen LogP contribution in [-0.2, 0) is 4.74 Å². The van der Waals surface area contributed by atoms with Crippen molar-refractivity contribution in [1.82, 2.24) is 0 Å². The summed E-state index contributed by atoms with van der Waals surface area (Å²) in [7, 11) is 0. The fourth-order valence-electron chi connectivity index (χ4n) is 6.36. The molecular formula is C26H35F5O2. The van der Waals surface area contributed by atoms with Gasteiger partial charge in [0.05, 0.1) is 18.1 Å². The average Bonchev–Trinajstić information content (AvgIpc) is 3.26. The minimum Gasteiger partial charge on any atom is -0.432 e. The van der Waals surface area contributed by atoms with Crippen LogP contribution < -0.4 is 4.74 Å². The second kappa shape index (κ2) is 10.5. The van der Waals surface area contributed by atoms with Crippen LogP contribution in [0.3, 0.4) is 0 Å². The average molecular weight is 475 g/mol. The van der Waals surface area contributed by atoms with E-state index in [-0.39, 0.29) is 0 Å². The predicted molar refractivity (Wildman–Crippen MR) is 116 cm³/mol. The zero-order chi connectivity index (χ0) is 23.6. The first-order chi connectivity index (χ1) is 15.8. The van der Waals surface area contributed by atoms with Crippen molar-refractivity contribution < 1.29 is 31.4 Å². The maximum Gasteiger partial charge on any atom is 0.400 e. The lowest BCUT2D eigenvalue weighted by Crippen LogP contribution is -2.38. The Labute approximate surface area is 193 Å². The monoisotopic (exact) mass is 474 g/mol. The summed E-state index contributed by atoms with van der Waals surface area (Å²) in [5.41, 5.74) is 0. The van der Waals surface area contributed by atoms with Crippen molar-refractivity contribution in [3.63, 3.8) is 0 Å². The number of hydrogen-bond donors (Lipinski definition) is 0. The van der Waals surface area contributed by atoms with E-state index in [1.54, 1.807) is 0 Å². The molecule has 0 N–H and O–H groups in total. The molecule has 4 rings (SSSR count). The summed E-state index contributed by atoms with van der Waals surface area (Å²) in [6, 6.07) is 0.934. The largest absolute Gasteiger partial charge is 0.432 e. The Morgan fingerprint density at radius 1 is 0.818 bits per heavy atom. The molecule has 1 aromatic carbocycles. The van der Waals surface area contributed by atoms with Gasteiger partial charge in [-0.15, -0.1) is 0 Å². The maximum absolute atomic E-state index is 14.7. The van der Waals surface area contributed by atoms with E-state index >= 15 is 0 Å². The molecule has 1 heterocycles. The molecule has 1 aliphatic heterocycles. The Morgan fingerprint density at radius 3 is 1.94 bits per heavy atom. The minimum absolute atomic E-state index is 0.314. The van der Waals surface area contributed by atoms with Crippen molar-refractivity contribution in [2.24, 2.45) is 23.7 Å². The molecule has 33 heavy (non-hydrogen) atoms. The number of alkyl halides is 2. The number of hydrogen-bond acceptors (Lipinski definition) is 2. The molecule has 2 saturated carbocycles. The Morgan fingerprint density at radius 2 is 1.36 bits per heavy atom. The molecule has 186 valence electrons. The standard InChI is InChI=1S/C26H35F5O2/c1-2-3-20-12-13-24(32-20)18-6-4-16(5-7-18)17-8-10-19(11-9-17)26(30,31)33-21-14-22(27)25(29)23(28)15-21/h14-20,24H,2-13H2,1H3. The zero-order valence-corrected chi connectivity index (χ0v) is 19.3. The molecule has 0 amide bonds. The van der Waals surface area contributed by atoms with E-state index in [0.717, 1.165) is 38.5 Å². The van der Waals surface area contributed by atoms with E-state index < -0.39 is 35.2 Å². The molecule has 0 bridgehead atoms. The number of halogens is 5. The molecule has 7 heteroatoms. The van der Waals surface area contributed by atoms with Gasteiger partial charge in [0.1, 0.15) is 5.75 Å². The molecule has 3 fully saturated rings. The lowest BCUT2D eigenvalue weighted by Gasteiger charge is -2.40. The maximum atomic E-state index is 14.7. The van der Waals surface area contributed by atoms with Crippen LogP contribution in [0.1, 0.15) is 84.0 Å². The molecule has 0 spiro atoms. The molecule has 0 aromatic heterocycles. The Balaban J connectivity index is 1.24. The minimum atomic E-state index is -3.55. The summed E-state index contributed by atoms with van der Waals surface area (Å²) in [6.07, 6.45) is 8.59. The van der Waals surface area contributed by atoms with Gasteiger partial charge in [0.15, 0.2) is 17.5 Å². The number of rotatable bonds is 7. The van der Waals surface area contributed by atoms with Crippen LogP contribution in [0.4, 0.5) is 22.0 Å². The highest BCUT2D eigenvalue weighted by Gasteiger charge is 2.45. The van der Waals surface area contributed by atoms with E-state index in [1.807, 2.05) is 0 Å². The Bertz CT molecular complexity index is 762. The first-order valence-electron chi connectivity index (χ1n) is 12.6.